The molecule has 22 heavy (non-hydrogen) atoms. The first-order valence-corrected chi connectivity index (χ1v) is 7.18. The number of pyridine rings is 1. The molecule has 3 rings (SSSR count). The number of amides is 1. The van der Waals surface area contributed by atoms with E-state index in [1.807, 2.05) is 30.3 Å². The Morgan fingerprint density at radius 3 is 2.86 bits per heavy atom. The zero-order valence-corrected chi connectivity index (χ0v) is 12.0. The van der Waals surface area contributed by atoms with Gasteiger partial charge in [0, 0.05) is 36.3 Å². The quantitative estimate of drug-likeness (QED) is 0.881. The van der Waals surface area contributed by atoms with Gasteiger partial charge in [0.15, 0.2) is 0 Å². The van der Waals surface area contributed by atoms with Gasteiger partial charge in [-0.1, -0.05) is 24.3 Å². The SMILES string of the molecule is O=C(O)C1CCN(C(=O)C=Cc2cccc3cccnc23)C1. The fraction of sp³-hybridized carbons (Fsp3) is 0.235. The number of aliphatic carboxylic acids is 1. The van der Waals surface area contributed by atoms with Crippen LogP contribution in [0.25, 0.3) is 17.0 Å². The normalized spacial score (nSPS) is 18.2. The van der Waals surface area contributed by atoms with Crippen LogP contribution in [0.2, 0.25) is 0 Å². The highest BCUT2D eigenvalue weighted by Gasteiger charge is 2.29. The summed E-state index contributed by atoms with van der Waals surface area (Å²) in [7, 11) is 0. The molecule has 0 saturated carbocycles. The standard InChI is InChI=1S/C17H16N2O3/c20-15(19-10-8-14(11-19)17(21)22)7-6-13-4-1-3-12-5-2-9-18-16(12)13/h1-7,9,14H,8,10-11H2,(H,21,22). The van der Waals surface area contributed by atoms with Crippen molar-refractivity contribution in [3.63, 3.8) is 0 Å². The van der Waals surface area contributed by atoms with Gasteiger partial charge in [0.1, 0.15) is 0 Å². The molecule has 2 aromatic rings. The summed E-state index contributed by atoms with van der Waals surface area (Å²) in [6.07, 6.45) is 5.48. The summed E-state index contributed by atoms with van der Waals surface area (Å²) in [6, 6.07) is 9.64. The van der Waals surface area contributed by atoms with E-state index in [0.29, 0.717) is 13.0 Å². The summed E-state index contributed by atoms with van der Waals surface area (Å²) in [6.45, 7) is 0.778. The molecule has 1 amide bonds. The third-order valence-corrected chi connectivity index (χ3v) is 3.92. The van der Waals surface area contributed by atoms with E-state index in [4.69, 9.17) is 5.11 Å². The minimum absolute atomic E-state index is 0.156. The molecule has 5 nitrogen and oxygen atoms in total. The lowest BCUT2D eigenvalue weighted by Crippen LogP contribution is -2.28. The Bertz CT molecular complexity index is 749. The van der Waals surface area contributed by atoms with E-state index in [2.05, 4.69) is 4.98 Å². The fourth-order valence-electron chi connectivity index (χ4n) is 2.69. The number of rotatable bonds is 3. The molecule has 1 fully saturated rings. The average molecular weight is 296 g/mol. The maximum Gasteiger partial charge on any atom is 0.308 e. The Hall–Kier alpha value is -2.69. The second kappa shape index (κ2) is 5.97. The van der Waals surface area contributed by atoms with Gasteiger partial charge in [0.2, 0.25) is 5.91 Å². The lowest BCUT2D eigenvalue weighted by Gasteiger charge is -2.12. The highest BCUT2D eigenvalue weighted by atomic mass is 16.4. The van der Waals surface area contributed by atoms with Crippen LogP contribution >= 0.6 is 0 Å². The van der Waals surface area contributed by atoms with Gasteiger partial charge >= 0.3 is 5.97 Å². The van der Waals surface area contributed by atoms with Gasteiger partial charge in [-0.2, -0.15) is 0 Å². The van der Waals surface area contributed by atoms with E-state index in [9.17, 15) is 9.59 Å². The predicted molar refractivity (Wildman–Crippen MR) is 83.1 cm³/mol. The van der Waals surface area contributed by atoms with Gasteiger partial charge in [-0.15, -0.1) is 0 Å². The molecule has 0 aliphatic carbocycles. The minimum atomic E-state index is -0.836. The Balaban J connectivity index is 1.76. The average Bonchev–Trinajstić information content (AvgIpc) is 3.03. The van der Waals surface area contributed by atoms with Crippen molar-refractivity contribution in [2.24, 2.45) is 5.92 Å². The van der Waals surface area contributed by atoms with Gasteiger partial charge in [-0.3, -0.25) is 14.6 Å². The third kappa shape index (κ3) is 2.83. The number of aromatic nitrogens is 1. The molecule has 1 N–H and O–H groups in total. The highest BCUT2D eigenvalue weighted by molar-refractivity contribution is 5.95. The Labute approximate surface area is 127 Å². The summed E-state index contributed by atoms with van der Waals surface area (Å²) in [5, 5.41) is 9.99. The molecule has 1 saturated heterocycles. The van der Waals surface area contributed by atoms with Crippen LogP contribution in [-0.4, -0.2) is 40.0 Å². The first kappa shape index (κ1) is 14.3. The summed E-state index contributed by atoms with van der Waals surface area (Å²) in [4.78, 5) is 29.0. The molecule has 1 aromatic heterocycles. The van der Waals surface area contributed by atoms with Gasteiger partial charge in [0.05, 0.1) is 11.4 Å². The molecule has 5 heteroatoms. The Morgan fingerprint density at radius 1 is 1.27 bits per heavy atom. The number of para-hydroxylation sites is 1. The lowest BCUT2D eigenvalue weighted by molar-refractivity contribution is -0.141. The number of nitrogens with zero attached hydrogens (tertiary/aromatic N) is 2. The second-order valence-corrected chi connectivity index (χ2v) is 5.36. The van der Waals surface area contributed by atoms with Crippen LogP contribution < -0.4 is 0 Å². The maximum absolute atomic E-state index is 12.1. The van der Waals surface area contributed by atoms with Crippen molar-refractivity contribution in [2.45, 2.75) is 6.42 Å². The number of carboxylic acid groups (broad SMARTS) is 1. The molecule has 0 radical (unpaired) electrons. The van der Waals surface area contributed by atoms with Crippen LogP contribution in [0, 0.1) is 5.92 Å². The zero-order chi connectivity index (χ0) is 15.5. The minimum Gasteiger partial charge on any atom is -0.481 e. The summed E-state index contributed by atoms with van der Waals surface area (Å²) >= 11 is 0. The number of likely N-dealkylation sites (tertiary alicyclic amines) is 1. The van der Waals surface area contributed by atoms with Crippen LogP contribution in [0.3, 0.4) is 0 Å². The summed E-state index contributed by atoms with van der Waals surface area (Å²) in [5.74, 6) is -1.44. The van der Waals surface area contributed by atoms with Crippen LogP contribution in [0.4, 0.5) is 0 Å². The predicted octanol–water partition coefficient (Wildman–Crippen LogP) is 2.18. The van der Waals surface area contributed by atoms with E-state index in [1.165, 1.54) is 6.08 Å². The van der Waals surface area contributed by atoms with Gasteiger partial charge in [-0.05, 0) is 18.6 Å². The molecule has 112 valence electrons. The van der Waals surface area contributed by atoms with E-state index in [0.717, 1.165) is 16.5 Å². The van der Waals surface area contributed by atoms with Crippen molar-refractivity contribution in [1.82, 2.24) is 9.88 Å². The fourth-order valence-corrected chi connectivity index (χ4v) is 2.69. The molecule has 0 spiro atoms. The monoisotopic (exact) mass is 296 g/mol. The van der Waals surface area contributed by atoms with E-state index in [-0.39, 0.29) is 12.5 Å². The summed E-state index contributed by atoms with van der Waals surface area (Å²) in [5.41, 5.74) is 1.72. The number of fused-ring (bicyclic) bond motifs is 1. The number of carbonyl (C=O) groups is 2. The van der Waals surface area contributed by atoms with Crippen molar-refractivity contribution >= 4 is 28.9 Å². The van der Waals surface area contributed by atoms with E-state index >= 15 is 0 Å². The number of hydrogen-bond donors (Lipinski definition) is 1. The Kier molecular flexibility index (Phi) is 3.87. The van der Waals surface area contributed by atoms with Crippen LogP contribution in [0.15, 0.2) is 42.6 Å². The van der Waals surface area contributed by atoms with Crippen LogP contribution in [0.1, 0.15) is 12.0 Å². The zero-order valence-electron chi connectivity index (χ0n) is 12.0. The summed E-state index contributed by atoms with van der Waals surface area (Å²) < 4.78 is 0. The van der Waals surface area contributed by atoms with Crippen molar-refractivity contribution in [2.75, 3.05) is 13.1 Å². The molecule has 1 unspecified atom stereocenters. The smallest absolute Gasteiger partial charge is 0.308 e. The second-order valence-electron chi connectivity index (χ2n) is 5.36. The number of carbonyl (C=O) groups excluding carboxylic acids is 1. The molecule has 1 atom stereocenters. The van der Waals surface area contributed by atoms with Crippen LogP contribution in [-0.2, 0) is 9.59 Å². The lowest BCUT2D eigenvalue weighted by atomic mass is 10.1. The van der Waals surface area contributed by atoms with Crippen LogP contribution in [0.5, 0.6) is 0 Å². The number of hydrogen-bond acceptors (Lipinski definition) is 3. The van der Waals surface area contributed by atoms with Gasteiger partial charge in [-0.25, -0.2) is 0 Å². The molecular formula is C17H16N2O3. The number of benzene rings is 1. The van der Waals surface area contributed by atoms with Gasteiger partial charge < -0.3 is 10.0 Å². The number of carboxylic acids is 1. The van der Waals surface area contributed by atoms with Crippen molar-refractivity contribution in [3.8, 4) is 0 Å². The third-order valence-electron chi connectivity index (χ3n) is 3.92. The topological polar surface area (TPSA) is 70.5 Å². The Morgan fingerprint density at radius 2 is 2.09 bits per heavy atom. The molecule has 1 aliphatic heterocycles. The maximum atomic E-state index is 12.1. The van der Waals surface area contributed by atoms with E-state index < -0.39 is 11.9 Å². The van der Waals surface area contributed by atoms with Gasteiger partial charge in [0.25, 0.3) is 0 Å². The molecule has 0 bridgehead atoms. The molecule has 1 aliphatic rings. The van der Waals surface area contributed by atoms with Crippen molar-refractivity contribution < 1.29 is 14.7 Å². The largest absolute Gasteiger partial charge is 0.481 e. The molecule has 1 aromatic carbocycles. The van der Waals surface area contributed by atoms with Crippen molar-refractivity contribution in [1.29, 1.82) is 0 Å². The first-order valence-electron chi connectivity index (χ1n) is 7.18. The molecular weight excluding hydrogens is 280 g/mol. The van der Waals surface area contributed by atoms with E-state index in [1.54, 1.807) is 17.2 Å². The first-order chi connectivity index (χ1) is 10.6. The van der Waals surface area contributed by atoms with Crippen molar-refractivity contribution in [3.05, 3.63) is 48.2 Å². The highest BCUT2D eigenvalue weighted by Crippen LogP contribution is 2.19. The molecule has 2 heterocycles.